The van der Waals surface area contributed by atoms with Crippen molar-refractivity contribution in [1.29, 1.82) is 5.26 Å². The van der Waals surface area contributed by atoms with Gasteiger partial charge in [0, 0.05) is 12.6 Å². The summed E-state index contributed by atoms with van der Waals surface area (Å²) in [6.45, 7) is 11.9. The molecule has 0 aliphatic carbocycles. The summed E-state index contributed by atoms with van der Waals surface area (Å²) >= 11 is 0. The molecule has 0 aliphatic rings. The Kier molecular flexibility index (Phi) is 5.44. The molecule has 0 saturated carbocycles. The first-order valence-electron chi connectivity index (χ1n) is 5.96. The largest absolute Gasteiger partial charge is 0.303 e. The molecule has 0 amide bonds. The van der Waals surface area contributed by atoms with Gasteiger partial charge in [-0.05, 0) is 39.8 Å². The van der Waals surface area contributed by atoms with Gasteiger partial charge >= 0.3 is 0 Å². The number of nitrogens with one attached hydrogen (secondary N) is 1. The number of hydrogen-bond acceptors (Lipinski definition) is 3. The van der Waals surface area contributed by atoms with Crippen molar-refractivity contribution in [3.8, 4) is 6.07 Å². The Hall–Kier alpha value is -0.590. The highest BCUT2D eigenvalue weighted by Gasteiger charge is 2.26. The molecule has 3 heteroatoms. The third-order valence-electron chi connectivity index (χ3n) is 3.68. The number of nitriles is 1. The SMILES string of the molecule is CNC(C)(C#N)CCN(C)C(C)C(C)(C)C. The smallest absolute Gasteiger partial charge is 0.104 e. The van der Waals surface area contributed by atoms with E-state index in [1.165, 1.54) is 0 Å². The zero-order valence-corrected chi connectivity index (χ0v) is 11.9. The second-order valence-corrected chi connectivity index (χ2v) is 5.97. The molecule has 94 valence electrons. The quantitative estimate of drug-likeness (QED) is 0.780. The van der Waals surface area contributed by atoms with Crippen LogP contribution in [0.25, 0.3) is 0 Å². The fraction of sp³-hybridized carbons (Fsp3) is 0.923. The van der Waals surface area contributed by atoms with E-state index in [2.05, 4.69) is 51.0 Å². The number of nitrogens with zero attached hydrogens (tertiary/aromatic N) is 2. The first-order valence-corrected chi connectivity index (χ1v) is 5.96. The van der Waals surface area contributed by atoms with Crippen molar-refractivity contribution in [2.75, 3.05) is 20.6 Å². The lowest BCUT2D eigenvalue weighted by atomic mass is 9.86. The first-order chi connectivity index (χ1) is 7.16. The lowest BCUT2D eigenvalue weighted by Crippen LogP contribution is -2.45. The topological polar surface area (TPSA) is 39.1 Å². The van der Waals surface area contributed by atoms with Gasteiger partial charge in [-0.1, -0.05) is 20.8 Å². The van der Waals surface area contributed by atoms with Gasteiger partial charge in [0.15, 0.2) is 0 Å². The standard InChI is InChI=1S/C13H27N3/c1-11(12(2,3)4)16(7)9-8-13(5,10-14)15-6/h11,15H,8-9H2,1-7H3. The van der Waals surface area contributed by atoms with Gasteiger partial charge in [-0.15, -0.1) is 0 Å². The van der Waals surface area contributed by atoms with Gasteiger partial charge in [0.2, 0.25) is 0 Å². The van der Waals surface area contributed by atoms with Crippen LogP contribution in [-0.2, 0) is 0 Å². The molecule has 0 aromatic heterocycles. The van der Waals surface area contributed by atoms with Gasteiger partial charge in [-0.3, -0.25) is 0 Å². The summed E-state index contributed by atoms with van der Waals surface area (Å²) in [6, 6.07) is 2.83. The van der Waals surface area contributed by atoms with Gasteiger partial charge in [0.25, 0.3) is 0 Å². The minimum atomic E-state index is -0.411. The van der Waals surface area contributed by atoms with Crippen molar-refractivity contribution in [3.63, 3.8) is 0 Å². The van der Waals surface area contributed by atoms with Gasteiger partial charge in [0.1, 0.15) is 5.54 Å². The van der Waals surface area contributed by atoms with E-state index in [0.29, 0.717) is 6.04 Å². The molecule has 0 spiro atoms. The fourth-order valence-corrected chi connectivity index (χ4v) is 1.49. The van der Waals surface area contributed by atoms with Gasteiger partial charge in [-0.2, -0.15) is 5.26 Å². The van der Waals surface area contributed by atoms with Crippen LogP contribution in [0.4, 0.5) is 0 Å². The lowest BCUT2D eigenvalue weighted by molar-refractivity contribution is 0.133. The zero-order chi connectivity index (χ0) is 13.0. The average molecular weight is 225 g/mol. The summed E-state index contributed by atoms with van der Waals surface area (Å²) in [6.07, 6.45) is 0.844. The molecule has 0 radical (unpaired) electrons. The summed E-state index contributed by atoms with van der Waals surface area (Å²) in [5, 5.41) is 12.1. The van der Waals surface area contributed by atoms with E-state index in [1.807, 2.05) is 14.0 Å². The molecule has 0 fully saturated rings. The number of rotatable bonds is 5. The van der Waals surface area contributed by atoms with Crippen LogP contribution in [0.3, 0.4) is 0 Å². The minimum Gasteiger partial charge on any atom is -0.303 e. The molecule has 2 atom stereocenters. The summed E-state index contributed by atoms with van der Waals surface area (Å²) in [5.74, 6) is 0. The summed E-state index contributed by atoms with van der Waals surface area (Å²) < 4.78 is 0. The van der Waals surface area contributed by atoms with E-state index in [1.54, 1.807) is 0 Å². The van der Waals surface area contributed by atoms with Gasteiger partial charge in [-0.25, -0.2) is 0 Å². The maximum atomic E-state index is 9.07. The zero-order valence-electron chi connectivity index (χ0n) is 11.9. The predicted molar refractivity (Wildman–Crippen MR) is 69.2 cm³/mol. The molecule has 0 heterocycles. The van der Waals surface area contributed by atoms with Crippen LogP contribution in [0.15, 0.2) is 0 Å². The van der Waals surface area contributed by atoms with Crippen LogP contribution in [-0.4, -0.2) is 37.1 Å². The van der Waals surface area contributed by atoms with Crippen LogP contribution in [0.2, 0.25) is 0 Å². The van der Waals surface area contributed by atoms with E-state index in [-0.39, 0.29) is 5.41 Å². The second-order valence-electron chi connectivity index (χ2n) is 5.97. The Balaban J connectivity index is 4.28. The van der Waals surface area contributed by atoms with Crippen molar-refractivity contribution < 1.29 is 0 Å². The Morgan fingerprint density at radius 2 is 1.81 bits per heavy atom. The van der Waals surface area contributed by atoms with Crippen molar-refractivity contribution in [2.45, 2.75) is 52.6 Å². The van der Waals surface area contributed by atoms with E-state index < -0.39 is 5.54 Å². The maximum Gasteiger partial charge on any atom is 0.104 e. The summed E-state index contributed by atoms with van der Waals surface area (Å²) in [4.78, 5) is 2.33. The third-order valence-corrected chi connectivity index (χ3v) is 3.68. The molecule has 3 nitrogen and oxygen atoms in total. The molecule has 0 bridgehead atoms. The van der Waals surface area contributed by atoms with Gasteiger partial charge < -0.3 is 10.2 Å². The maximum absolute atomic E-state index is 9.07. The lowest BCUT2D eigenvalue weighted by Gasteiger charge is -2.36. The molecule has 1 N–H and O–H groups in total. The van der Waals surface area contributed by atoms with Crippen molar-refractivity contribution in [3.05, 3.63) is 0 Å². The highest BCUT2D eigenvalue weighted by molar-refractivity contribution is 5.03. The molecule has 0 aliphatic heterocycles. The highest BCUT2D eigenvalue weighted by atomic mass is 15.1. The van der Waals surface area contributed by atoms with Gasteiger partial charge in [0.05, 0.1) is 6.07 Å². The Labute approximate surface area is 101 Å². The highest BCUT2D eigenvalue weighted by Crippen LogP contribution is 2.23. The van der Waals surface area contributed by atoms with E-state index in [4.69, 9.17) is 5.26 Å². The molecule has 0 rings (SSSR count). The predicted octanol–water partition coefficient (Wildman–Crippen LogP) is 2.24. The monoisotopic (exact) mass is 225 g/mol. The average Bonchev–Trinajstić information content (AvgIpc) is 2.23. The van der Waals surface area contributed by atoms with E-state index >= 15 is 0 Å². The van der Waals surface area contributed by atoms with Crippen molar-refractivity contribution >= 4 is 0 Å². The van der Waals surface area contributed by atoms with Crippen molar-refractivity contribution in [2.24, 2.45) is 5.41 Å². The number of hydrogen-bond donors (Lipinski definition) is 1. The fourth-order valence-electron chi connectivity index (χ4n) is 1.49. The molecule has 0 aromatic rings. The second kappa shape index (κ2) is 5.65. The molecule has 0 aromatic carbocycles. The van der Waals surface area contributed by atoms with Crippen LogP contribution in [0.1, 0.15) is 41.0 Å². The molecular weight excluding hydrogens is 198 g/mol. The van der Waals surface area contributed by atoms with Crippen LogP contribution in [0.5, 0.6) is 0 Å². The van der Waals surface area contributed by atoms with Crippen molar-refractivity contribution in [1.82, 2.24) is 10.2 Å². The van der Waals surface area contributed by atoms with Crippen LogP contribution < -0.4 is 5.32 Å². The Bertz CT molecular complexity index is 249. The minimum absolute atomic E-state index is 0.275. The Morgan fingerprint density at radius 3 is 2.12 bits per heavy atom. The van der Waals surface area contributed by atoms with Crippen LogP contribution in [0, 0.1) is 16.7 Å². The molecule has 0 saturated heterocycles. The van der Waals surface area contributed by atoms with E-state index in [9.17, 15) is 0 Å². The molecule has 2 unspecified atom stereocenters. The van der Waals surface area contributed by atoms with Crippen LogP contribution >= 0.6 is 0 Å². The normalized spacial score (nSPS) is 17.9. The van der Waals surface area contributed by atoms with E-state index in [0.717, 1.165) is 13.0 Å². The first kappa shape index (κ1) is 15.4. The summed E-state index contributed by atoms with van der Waals surface area (Å²) in [5.41, 5.74) is -0.136. The third kappa shape index (κ3) is 4.51. The summed E-state index contributed by atoms with van der Waals surface area (Å²) in [7, 11) is 3.97. The molecule has 16 heavy (non-hydrogen) atoms. The Morgan fingerprint density at radius 1 is 1.31 bits per heavy atom. The molecular formula is C13H27N3.